The van der Waals surface area contributed by atoms with Crippen LogP contribution in [0.2, 0.25) is 0 Å². The van der Waals surface area contributed by atoms with Gasteiger partial charge < -0.3 is 14.8 Å². The van der Waals surface area contributed by atoms with Gasteiger partial charge in [0.15, 0.2) is 11.4 Å². The fourth-order valence-corrected chi connectivity index (χ4v) is 4.39. The van der Waals surface area contributed by atoms with Crippen molar-refractivity contribution in [1.29, 1.82) is 0 Å². The first-order valence-corrected chi connectivity index (χ1v) is 10.5. The van der Waals surface area contributed by atoms with E-state index >= 15 is 0 Å². The molecule has 3 heterocycles. The van der Waals surface area contributed by atoms with Crippen LogP contribution in [0.25, 0.3) is 11.0 Å². The van der Waals surface area contributed by atoms with Crippen LogP contribution in [0.5, 0.6) is 5.75 Å². The molecule has 0 aliphatic heterocycles. The Morgan fingerprint density at radius 2 is 2.07 bits per heavy atom. The number of fused-ring (bicyclic) bond motifs is 1. The topological polar surface area (TPSA) is 103 Å². The molecule has 0 unspecified atom stereocenters. The number of methoxy groups -OCH3 is 2. The Morgan fingerprint density at radius 3 is 2.83 bits per heavy atom. The standard InChI is InChI=1S/C19H20N4O4S2/c1-11-22-18-14(6-12(27-3)7-21-18)19(23-11)28-10-15(24)16-5-4-13(29-16)8-20-17(25)9-26-2/h4-7H,8-10H2,1-3H3,(H,20,25). The normalized spacial score (nSPS) is 10.9. The third-order valence-electron chi connectivity index (χ3n) is 3.85. The molecule has 152 valence electrons. The molecule has 0 saturated heterocycles. The van der Waals surface area contributed by atoms with Crippen LogP contribution in [0, 0.1) is 6.92 Å². The van der Waals surface area contributed by atoms with Crippen molar-refractivity contribution in [2.75, 3.05) is 26.6 Å². The number of Topliss-reactive ketones (excluding diaryl/α,β-unsaturated/α-hetero) is 1. The Labute approximate surface area is 176 Å². The van der Waals surface area contributed by atoms with E-state index in [1.807, 2.05) is 12.1 Å². The second kappa shape index (κ2) is 9.77. The maximum atomic E-state index is 12.6. The van der Waals surface area contributed by atoms with E-state index < -0.39 is 0 Å². The summed E-state index contributed by atoms with van der Waals surface area (Å²) in [7, 11) is 3.04. The SMILES string of the molecule is COCC(=O)NCc1ccc(C(=O)CSc2nc(C)nc3ncc(OC)cc23)s1. The number of thioether (sulfide) groups is 1. The van der Waals surface area contributed by atoms with E-state index in [1.165, 1.54) is 30.2 Å². The van der Waals surface area contributed by atoms with Crippen molar-refractivity contribution in [2.45, 2.75) is 18.5 Å². The Kier molecular flexibility index (Phi) is 7.13. The molecule has 0 atom stereocenters. The summed E-state index contributed by atoms with van der Waals surface area (Å²) in [5.74, 6) is 1.24. The summed E-state index contributed by atoms with van der Waals surface area (Å²) >= 11 is 2.71. The van der Waals surface area contributed by atoms with E-state index in [0.29, 0.717) is 33.7 Å². The fourth-order valence-electron chi connectivity index (χ4n) is 2.49. The van der Waals surface area contributed by atoms with Gasteiger partial charge in [0.25, 0.3) is 0 Å². The highest BCUT2D eigenvalue weighted by molar-refractivity contribution is 8.00. The summed E-state index contributed by atoms with van der Waals surface area (Å²) in [5.41, 5.74) is 0.568. The minimum absolute atomic E-state index is 0.00487. The molecule has 0 bridgehead atoms. The second-order valence-corrected chi connectivity index (χ2v) is 8.14. The number of ketones is 1. The smallest absolute Gasteiger partial charge is 0.246 e. The zero-order valence-corrected chi connectivity index (χ0v) is 17.9. The summed E-state index contributed by atoms with van der Waals surface area (Å²) in [5, 5.41) is 4.18. The first kappa shape index (κ1) is 21.2. The maximum absolute atomic E-state index is 12.6. The van der Waals surface area contributed by atoms with Gasteiger partial charge in [0.1, 0.15) is 23.2 Å². The number of thiophene rings is 1. The molecule has 10 heteroatoms. The zero-order valence-electron chi connectivity index (χ0n) is 16.2. The van der Waals surface area contributed by atoms with E-state index in [4.69, 9.17) is 9.47 Å². The van der Waals surface area contributed by atoms with E-state index in [9.17, 15) is 9.59 Å². The van der Waals surface area contributed by atoms with Gasteiger partial charge >= 0.3 is 0 Å². The first-order chi connectivity index (χ1) is 14.0. The molecular weight excluding hydrogens is 412 g/mol. The van der Waals surface area contributed by atoms with Crippen LogP contribution in [0.1, 0.15) is 20.4 Å². The average Bonchev–Trinajstić information content (AvgIpc) is 3.19. The van der Waals surface area contributed by atoms with Crippen LogP contribution in [-0.4, -0.2) is 53.2 Å². The van der Waals surface area contributed by atoms with E-state index in [1.54, 1.807) is 26.3 Å². The van der Waals surface area contributed by atoms with Crippen LogP contribution in [-0.2, 0) is 16.1 Å². The van der Waals surface area contributed by atoms with Gasteiger partial charge in [-0.3, -0.25) is 9.59 Å². The lowest BCUT2D eigenvalue weighted by molar-refractivity contribution is -0.124. The van der Waals surface area contributed by atoms with Gasteiger partial charge in [-0.05, 0) is 25.1 Å². The minimum atomic E-state index is -0.195. The number of carbonyl (C=O) groups excluding carboxylic acids is 2. The number of hydrogen-bond acceptors (Lipinski definition) is 9. The molecule has 3 aromatic heterocycles. The van der Waals surface area contributed by atoms with Gasteiger partial charge in [-0.1, -0.05) is 11.8 Å². The lowest BCUT2D eigenvalue weighted by Crippen LogP contribution is -2.26. The number of nitrogens with one attached hydrogen (secondary N) is 1. The molecule has 0 aromatic carbocycles. The molecule has 8 nitrogen and oxygen atoms in total. The highest BCUT2D eigenvalue weighted by Crippen LogP contribution is 2.28. The molecule has 0 fully saturated rings. The van der Waals surface area contributed by atoms with E-state index in [-0.39, 0.29) is 24.1 Å². The van der Waals surface area contributed by atoms with Gasteiger partial charge in [-0.25, -0.2) is 15.0 Å². The number of nitrogens with zero attached hydrogens (tertiary/aromatic N) is 3. The summed E-state index contributed by atoms with van der Waals surface area (Å²) in [6, 6.07) is 5.44. The largest absolute Gasteiger partial charge is 0.495 e. The molecule has 0 saturated carbocycles. The number of pyridine rings is 1. The van der Waals surface area contributed by atoms with Crippen LogP contribution in [0.3, 0.4) is 0 Å². The van der Waals surface area contributed by atoms with Crippen molar-refractivity contribution < 1.29 is 19.1 Å². The lowest BCUT2D eigenvalue weighted by atomic mass is 10.3. The summed E-state index contributed by atoms with van der Waals surface area (Å²) < 4.78 is 10.0. The van der Waals surface area contributed by atoms with Crippen LogP contribution < -0.4 is 10.1 Å². The van der Waals surface area contributed by atoms with E-state index in [2.05, 4.69) is 20.3 Å². The molecule has 0 radical (unpaired) electrons. The monoisotopic (exact) mass is 432 g/mol. The minimum Gasteiger partial charge on any atom is -0.495 e. The van der Waals surface area contributed by atoms with Crippen LogP contribution >= 0.6 is 23.1 Å². The number of aromatic nitrogens is 3. The van der Waals surface area contributed by atoms with Gasteiger partial charge in [-0.2, -0.15) is 0 Å². The Morgan fingerprint density at radius 1 is 1.24 bits per heavy atom. The van der Waals surface area contributed by atoms with Gasteiger partial charge in [0.2, 0.25) is 5.91 Å². The zero-order chi connectivity index (χ0) is 20.8. The predicted molar refractivity (Wildman–Crippen MR) is 112 cm³/mol. The molecule has 0 aliphatic rings. The number of aryl methyl sites for hydroxylation is 1. The molecular formula is C19H20N4O4S2. The summed E-state index contributed by atoms with van der Waals surface area (Å²) in [4.78, 5) is 38.7. The van der Waals surface area contributed by atoms with Crippen molar-refractivity contribution in [3.05, 3.63) is 40.0 Å². The number of rotatable bonds is 9. The van der Waals surface area contributed by atoms with Crippen LogP contribution in [0.4, 0.5) is 0 Å². The molecule has 3 rings (SSSR count). The summed E-state index contributed by atoms with van der Waals surface area (Å²) in [6.45, 7) is 2.18. The highest BCUT2D eigenvalue weighted by atomic mass is 32.2. The van der Waals surface area contributed by atoms with Gasteiger partial charge in [0.05, 0.1) is 35.9 Å². The molecule has 29 heavy (non-hydrogen) atoms. The van der Waals surface area contributed by atoms with Crippen molar-refractivity contribution in [2.24, 2.45) is 0 Å². The van der Waals surface area contributed by atoms with Crippen molar-refractivity contribution >= 4 is 45.8 Å². The lowest BCUT2D eigenvalue weighted by Gasteiger charge is -2.07. The maximum Gasteiger partial charge on any atom is 0.246 e. The van der Waals surface area contributed by atoms with Gasteiger partial charge in [-0.15, -0.1) is 11.3 Å². The Balaban J connectivity index is 1.67. The summed E-state index contributed by atoms with van der Waals surface area (Å²) in [6.07, 6.45) is 1.60. The number of carbonyl (C=O) groups is 2. The average molecular weight is 433 g/mol. The fraction of sp³-hybridized carbons (Fsp3) is 0.316. The second-order valence-electron chi connectivity index (χ2n) is 6.01. The Hall–Kier alpha value is -2.56. The Bertz CT molecular complexity index is 1040. The molecule has 3 aromatic rings. The first-order valence-electron chi connectivity index (χ1n) is 8.69. The van der Waals surface area contributed by atoms with Crippen molar-refractivity contribution in [3.8, 4) is 5.75 Å². The van der Waals surface area contributed by atoms with Gasteiger partial charge in [0, 0.05) is 12.0 Å². The third kappa shape index (κ3) is 5.49. The number of ether oxygens (including phenoxy) is 2. The molecule has 0 spiro atoms. The predicted octanol–water partition coefficient (Wildman–Crippen LogP) is 2.64. The quantitative estimate of drug-likeness (QED) is 0.313. The number of hydrogen-bond donors (Lipinski definition) is 1. The molecule has 1 amide bonds. The van der Waals surface area contributed by atoms with Crippen molar-refractivity contribution in [3.63, 3.8) is 0 Å². The molecule has 0 aliphatic carbocycles. The molecule has 1 N–H and O–H groups in total. The highest BCUT2D eigenvalue weighted by Gasteiger charge is 2.14. The van der Waals surface area contributed by atoms with Crippen molar-refractivity contribution in [1.82, 2.24) is 20.3 Å². The third-order valence-corrected chi connectivity index (χ3v) is 5.97. The van der Waals surface area contributed by atoms with E-state index in [0.717, 1.165) is 10.3 Å². The number of amides is 1. The van der Waals surface area contributed by atoms with Crippen LogP contribution in [0.15, 0.2) is 29.4 Å².